The number of anilines is 1. The van der Waals surface area contributed by atoms with Gasteiger partial charge in [0.25, 0.3) is 0 Å². The molecule has 1 aromatic rings. The van der Waals surface area contributed by atoms with Crippen molar-refractivity contribution < 1.29 is 18.7 Å². The zero-order chi connectivity index (χ0) is 10.7. The molecule has 1 rings (SSSR count). The van der Waals surface area contributed by atoms with Gasteiger partial charge in [-0.1, -0.05) is 0 Å². The van der Waals surface area contributed by atoms with Gasteiger partial charge in [0.2, 0.25) is 0 Å². The fourth-order valence-corrected chi connectivity index (χ4v) is 1.08. The lowest BCUT2D eigenvalue weighted by Crippen LogP contribution is -2.04. The second kappa shape index (κ2) is 4.04. The molecule has 0 heterocycles. The van der Waals surface area contributed by atoms with Crippen molar-refractivity contribution >= 4 is 11.7 Å². The van der Waals surface area contributed by atoms with Crippen LogP contribution in [0.25, 0.3) is 0 Å². The van der Waals surface area contributed by atoms with Gasteiger partial charge >= 0.3 is 5.97 Å². The van der Waals surface area contributed by atoms with E-state index in [1.54, 1.807) is 0 Å². The Hall–Kier alpha value is -1.65. The molecule has 0 aliphatic heterocycles. The molecule has 3 N–H and O–H groups in total. The van der Waals surface area contributed by atoms with Gasteiger partial charge in [0, 0.05) is 12.0 Å². The highest BCUT2D eigenvalue weighted by Crippen LogP contribution is 2.19. The number of hydrogen-bond donors (Lipinski definition) is 2. The van der Waals surface area contributed by atoms with Crippen molar-refractivity contribution in [2.45, 2.75) is 12.8 Å². The van der Waals surface area contributed by atoms with E-state index in [9.17, 15) is 13.6 Å². The molecular weight excluding hydrogens is 192 g/mol. The lowest BCUT2D eigenvalue weighted by Gasteiger charge is -2.05. The third kappa shape index (κ3) is 2.18. The number of nitrogens with two attached hydrogens (primary N) is 1. The average molecular weight is 201 g/mol. The number of halogens is 2. The summed E-state index contributed by atoms with van der Waals surface area (Å²) >= 11 is 0. The maximum Gasteiger partial charge on any atom is 0.303 e. The molecule has 0 saturated carbocycles. The topological polar surface area (TPSA) is 63.3 Å². The normalized spacial score (nSPS) is 10.1. The minimum Gasteiger partial charge on any atom is -0.481 e. The van der Waals surface area contributed by atoms with Crippen LogP contribution in [0.4, 0.5) is 14.5 Å². The van der Waals surface area contributed by atoms with Crippen LogP contribution in [0.1, 0.15) is 12.0 Å². The number of carboxylic acids is 1. The Morgan fingerprint density at radius 3 is 2.64 bits per heavy atom. The van der Waals surface area contributed by atoms with E-state index >= 15 is 0 Å². The van der Waals surface area contributed by atoms with Crippen molar-refractivity contribution in [3.05, 3.63) is 29.3 Å². The van der Waals surface area contributed by atoms with Gasteiger partial charge in [0.05, 0.1) is 5.69 Å². The van der Waals surface area contributed by atoms with Gasteiger partial charge in [-0.2, -0.15) is 0 Å². The number of nitrogen functional groups attached to an aromatic ring is 1. The molecule has 3 nitrogen and oxygen atoms in total. The maximum atomic E-state index is 13.2. The van der Waals surface area contributed by atoms with Gasteiger partial charge in [0.15, 0.2) is 5.82 Å². The summed E-state index contributed by atoms with van der Waals surface area (Å²) in [5.74, 6) is -2.74. The Balaban J connectivity index is 2.95. The van der Waals surface area contributed by atoms with Crippen LogP contribution in [0.5, 0.6) is 0 Å². The molecule has 0 aliphatic carbocycles. The van der Waals surface area contributed by atoms with E-state index in [0.29, 0.717) is 0 Å². The second-order valence-electron chi connectivity index (χ2n) is 2.82. The Bertz CT molecular complexity index is 366. The predicted molar refractivity (Wildman–Crippen MR) is 46.7 cm³/mol. The Morgan fingerprint density at radius 1 is 1.43 bits per heavy atom. The summed E-state index contributed by atoms with van der Waals surface area (Å²) < 4.78 is 26.1. The van der Waals surface area contributed by atoms with Crippen molar-refractivity contribution in [3.8, 4) is 0 Å². The SMILES string of the molecule is Nc1ccc(F)c(CCC(=O)O)c1F. The van der Waals surface area contributed by atoms with E-state index in [2.05, 4.69) is 0 Å². The first kappa shape index (κ1) is 10.4. The zero-order valence-electron chi connectivity index (χ0n) is 7.26. The molecule has 0 unspecified atom stereocenters. The summed E-state index contributed by atoms with van der Waals surface area (Å²) in [4.78, 5) is 10.2. The largest absolute Gasteiger partial charge is 0.481 e. The van der Waals surface area contributed by atoms with E-state index in [1.165, 1.54) is 0 Å². The first-order valence-electron chi connectivity index (χ1n) is 3.96. The van der Waals surface area contributed by atoms with Crippen LogP contribution < -0.4 is 5.73 Å². The minimum absolute atomic E-state index is 0.174. The Kier molecular flexibility index (Phi) is 3.01. The molecular formula is C9H9F2NO2. The van der Waals surface area contributed by atoms with Crippen LogP contribution in [-0.4, -0.2) is 11.1 Å². The standard InChI is InChI=1S/C9H9F2NO2/c10-6-2-3-7(12)9(11)5(6)1-4-8(13)14/h2-3H,1,4,12H2,(H,13,14). The highest BCUT2D eigenvalue weighted by molar-refractivity contribution is 5.67. The number of benzene rings is 1. The van der Waals surface area contributed by atoms with Crippen LogP contribution in [0, 0.1) is 11.6 Å². The molecule has 0 aromatic heterocycles. The van der Waals surface area contributed by atoms with Crippen molar-refractivity contribution in [1.29, 1.82) is 0 Å². The molecule has 1 aromatic carbocycles. The quantitative estimate of drug-likeness (QED) is 0.729. The third-order valence-electron chi connectivity index (χ3n) is 1.80. The van der Waals surface area contributed by atoms with Gasteiger partial charge in [-0.3, -0.25) is 4.79 Å². The first-order valence-corrected chi connectivity index (χ1v) is 3.96. The van der Waals surface area contributed by atoms with Gasteiger partial charge < -0.3 is 10.8 Å². The molecule has 0 aliphatic rings. The maximum absolute atomic E-state index is 13.2. The summed E-state index contributed by atoms with van der Waals surface area (Å²) in [7, 11) is 0. The summed E-state index contributed by atoms with van der Waals surface area (Å²) in [5, 5.41) is 8.35. The molecule has 0 amide bonds. The van der Waals surface area contributed by atoms with Crippen molar-refractivity contribution in [1.82, 2.24) is 0 Å². The Morgan fingerprint density at radius 2 is 2.07 bits per heavy atom. The monoisotopic (exact) mass is 201 g/mol. The third-order valence-corrected chi connectivity index (χ3v) is 1.80. The summed E-state index contributed by atoms with van der Waals surface area (Å²) in [6, 6.07) is 2.13. The number of rotatable bonds is 3. The number of hydrogen-bond acceptors (Lipinski definition) is 2. The van der Waals surface area contributed by atoms with Crippen molar-refractivity contribution in [3.63, 3.8) is 0 Å². The van der Waals surface area contributed by atoms with E-state index in [0.717, 1.165) is 12.1 Å². The van der Waals surface area contributed by atoms with Gasteiger partial charge in [-0.15, -0.1) is 0 Å². The fraction of sp³-hybridized carbons (Fsp3) is 0.222. The zero-order valence-corrected chi connectivity index (χ0v) is 7.26. The fourth-order valence-electron chi connectivity index (χ4n) is 1.08. The predicted octanol–water partition coefficient (Wildman–Crippen LogP) is 1.56. The smallest absolute Gasteiger partial charge is 0.303 e. The first-order chi connectivity index (χ1) is 6.52. The van der Waals surface area contributed by atoms with Crippen LogP contribution in [0.2, 0.25) is 0 Å². The van der Waals surface area contributed by atoms with Crippen LogP contribution in [-0.2, 0) is 11.2 Å². The van der Waals surface area contributed by atoms with E-state index in [-0.39, 0.29) is 24.1 Å². The molecule has 0 radical (unpaired) electrons. The molecule has 0 saturated heterocycles. The molecule has 0 atom stereocenters. The van der Waals surface area contributed by atoms with E-state index in [4.69, 9.17) is 10.8 Å². The van der Waals surface area contributed by atoms with E-state index in [1.807, 2.05) is 0 Å². The average Bonchev–Trinajstić information content (AvgIpc) is 2.11. The van der Waals surface area contributed by atoms with Crippen molar-refractivity contribution in [2.75, 3.05) is 5.73 Å². The lowest BCUT2D eigenvalue weighted by atomic mass is 10.1. The van der Waals surface area contributed by atoms with Gasteiger partial charge in [-0.05, 0) is 18.6 Å². The number of aliphatic carboxylic acids is 1. The summed E-state index contributed by atoms with van der Waals surface area (Å²) in [5.41, 5.74) is 4.76. The molecule has 76 valence electrons. The molecule has 0 bridgehead atoms. The molecule has 0 spiro atoms. The number of carboxylic acid groups (broad SMARTS) is 1. The van der Waals surface area contributed by atoms with Crippen LogP contribution in [0.15, 0.2) is 12.1 Å². The van der Waals surface area contributed by atoms with Crippen LogP contribution >= 0.6 is 0 Å². The minimum atomic E-state index is -1.11. The molecule has 0 fully saturated rings. The highest BCUT2D eigenvalue weighted by Gasteiger charge is 2.12. The van der Waals surface area contributed by atoms with Crippen LogP contribution in [0.3, 0.4) is 0 Å². The van der Waals surface area contributed by atoms with E-state index < -0.39 is 17.6 Å². The summed E-state index contributed by atoms with van der Waals surface area (Å²) in [6.45, 7) is 0. The molecule has 14 heavy (non-hydrogen) atoms. The van der Waals surface area contributed by atoms with Gasteiger partial charge in [-0.25, -0.2) is 8.78 Å². The van der Waals surface area contributed by atoms with Gasteiger partial charge in [0.1, 0.15) is 5.82 Å². The lowest BCUT2D eigenvalue weighted by molar-refractivity contribution is -0.136. The number of carbonyl (C=O) groups is 1. The Labute approximate surface area is 79.2 Å². The van der Waals surface area contributed by atoms with Crippen molar-refractivity contribution in [2.24, 2.45) is 0 Å². The molecule has 5 heteroatoms. The highest BCUT2D eigenvalue weighted by atomic mass is 19.1. The second-order valence-corrected chi connectivity index (χ2v) is 2.82. The summed E-state index contributed by atoms with van der Waals surface area (Å²) in [6.07, 6.45) is -0.519.